The molecule has 0 bridgehead atoms. The van der Waals surface area contributed by atoms with Gasteiger partial charge in [-0.1, -0.05) is 23.3 Å². The van der Waals surface area contributed by atoms with Crippen LogP contribution in [0.15, 0.2) is 35.6 Å². The van der Waals surface area contributed by atoms with Crippen LogP contribution in [0.5, 0.6) is 0 Å². The Balaban J connectivity index is 1.40. The molecule has 0 radical (unpaired) electrons. The molecule has 0 amide bonds. The van der Waals surface area contributed by atoms with E-state index in [0.717, 1.165) is 37.7 Å². The summed E-state index contributed by atoms with van der Waals surface area (Å²) < 4.78 is 0. The third kappa shape index (κ3) is 5.66. The molecule has 4 heteroatoms. The Kier molecular flexibility index (Phi) is 6.70. The summed E-state index contributed by atoms with van der Waals surface area (Å²) in [7, 11) is 0. The second kappa shape index (κ2) is 9.45. The maximum atomic E-state index is 4.57. The van der Waals surface area contributed by atoms with E-state index in [9.17, 15) is 0 Å². The summed E-state index contributed by atoms with van der Waals surface area (Å²) in [4.78, 5) is 8.89. The third-order valence-corrected chi connectivity index (χ3v) is 4.91. The summed E-state index contributed by atoms with van der Waals surface area (Å²) in [6.45, 7) is 1.87. The van der Waals surface area contributed by atoms with Gasteiger partial charge in [-0.25, -0.2) is 4.98 Å². The standard InChI is InChI=1S/C20H30N4/c1-3-7-17(8-4-1)11-14-21-19-13-16-23-20(24-19)22-15-12-18-9-5-2-6-10-18/h7,9,13,16H,1-6,8,10-12,14-15H2,(H2,21,22,23,24). The van der Waals surface area contributed by atoms with Gasteiger partial charge in [-0.05, 0) is 70.3 Å². The first-order chi connectivity index (χ1) is 11.9. The quantitative estimate of drug-likeness (QED) is 0.654. The maximum Gasteiger partial charge on any atom is 0.224 e. The zero-order chi connectivity index (χ0) is 16.5. The van der Waals surface area contributed by atoms with Crippen LogP contribution in [0.1, 0.15) is 64.2 Å². The van der Waals surface area contributed by atoms with E-state index in [2.05, 4.69) is 32.8 Å². The lowest BCUT2D eigenvalue weighted by Gasteiger charge is -2.14. The van der Waals surface area contributed by atoms with Crippen LogP contribution in [0, 0.1) is 0 Å². The van der Waals surface area contributed by atoms with Crippen LogP contribution in [0.25, 0.3) is 0 Å². The number of anilines is 2. The van der Waals surface area contributed by atoms with Gasteiger partial charge in [0, 0.05) is 19.3 Å². The third-order valence-electron chi connectivity index (χ3n) is 4.91. The monoisotopic (exact) mass is 326 g/mol. The van der Waals surface area contributed by atoms with Gasteiger partial charge in [-0.15, -0.1) is 0 Å². The lowest BCUT2D eigenvalue weighted by Crippen LogP contribution is -2.10. The van der Waals surface area contributed by atoms with Crippen molar-refractivity contribution in [2.45, 2.75) is 64.2 Å². The van der Waals surface area contributed by atoms with Gasteiger partial charge >= 0.3 is 0 Å². The molecular formula is C20H30N4. The van der Waals surface area contributed by atoms with Crippen LogP contribution < -0.4 is 10.6 Å². The number of nitrogens with zero attached hydrogens (tertiary/aromatic N) is 2. The molecular weight excluding hydrogens is 296 g/mol. The van der Waals surface area contributed by atoms with Crippen molar-refractivity contribution in [2.24, 2.45) is 0 Å². The average Bonchev–Trinajstić information content (AvgIpc) is 2.64. The van der Waals surface area contributed by atoms with Crippen molar-refractivity contribution in [3.8, 4) is 0 Å². The molecule has 0 spiro atoms. The predicted octanol–water partition coefficient (Wildman–Crippen LogP) is 5.08. The van der Waals surface area contributed by atoms with Crippen molar-refractivity contribution >= 4 is 11.8 Å². The minimum absolute atomic E-state index is 0.730. The fourth-order valence-electron chi connectivity index (χ4n) is 3.49. The summed E-state index contributed by atoms with van der Waals surface area (Å²) in [6, 6.07) is 1.95. The van der Waals surface area contributed by atoms with Crippen molar-refractivity contribution in [1.29, 1.82) is 0 Å². The molecule has 0 aliphatic heterocycles. The molecule has 0 fully saturated rings. The average molecular weight is 326 g/mol. The minimum atomic E-state index is 0.730. The molecule has 2 N–H and O–H groups in total. The number of hydrogen-bond donors (Lipinski definition) is 2. The highest BCUT2D eigenvalue weighted by molar-refractivity contribution is 5.39. The van der Waals surface area contributed by atoms with Gasteiger partial charge in [0.2, 0.25) is 5.95 Å². The zero-order valence-electron chi connectivity index (χ0n) is 14.7. The molecule has 0 atom stereocenters. The van der Waals surface area contributed by atoms with E-state index >= 15 is 0 Å². The Morgan fingerprint density at radius 2 is 1.50 bits per heavy atom. The van der Waals surface area contributed by atoms with Gasteiger partial charge < -0.3 is 10.6 Å². The molecule has 24 heavy (non-hydrogen) atoms. The first kappa shape index (κ1) is 17.0. The van der Waals surface area contributed by atoms with Gasteiger partial charge in [0.1, 0.15) is 5.82 Å². The molecule has 2 aliphatic carbocycles. The Morgan fingerprint density at radius 1 is 0.833 bits per heavy atom. The zero-order valence-corrected chi connectivity index (χ0v) is 14.7. The Bertz CT molecular complexity index is 530. The second-order valence-electron chi connectivity index (χ2n) is 6.84. The Morgan fingerprint density at radius 3 is 2.12 bits per heavy atom. The number of aromatic nitrogens is 2. The molecule has 2 aliphatic rings. The molecule has 1 heterocycles. The fourth-order valence-corrected chi connectivity index (χ4v) is 3.49. The molecule has 130 valence electrons. The van der Waals surface area contributed by atoms with Crippen LogP contribution in [0.3, 0.4) is 0 Å². The first-order valence-corrected chi connectivity index (χ1v) is 9.57. The molecule has 1 aromatic heterocycles. The van der Waals surface area contributed by atoms with Crippen molar-refractivity contribution in [1.82, 2.24) is 9.97 Å². The fraction of sp³-hybridized carbons (Fsp3) is 0.600. The summed E-state index contributed by atoms with van der Waals surface area (Å²) in [5.74, 6) is 1.65. The second-order valence-corrected chi connectivity index (χ2v) is 6.84. The van der Waals surface area contributed by atoms with Gasteiger partial charge in [-0.3, -0.25) is 0 Å². The maximum absolute atomic E-state index is 4.57. The van der Waals surface area contributed by atoms with E-state index in [1.54, 1.807) is 11.1 Å². The lowest BCUT2D eigenvalue weighted by atomic mass is 9.97. The minimum Gasteiger partial charge on any atom is -0.370 e. The van der Waals surface area contributed by atoms with Crippen molar-refractivity contribution in [3.63, 3.8) is 0 Å². The smallest absolute Gasteiger partial charge is 0.224 e. The highest BCUT2D eigenvalue weighted by Crippen LogP contribution is 2.21. The number of nitrogens with one attached hydrogen (secondary N) is 2. The van der Waals surface area contributed by atoms with E-state index < -0.39 is 0 Å². The molecule has 0 saturated heterocycles. The topological polar surface area (TPSA) is 49.8 Å². The lowest BCUT2D eigenvalue weighted by molar-refractivity contribution is 0.678. The van der Waals surface area contributed by atoms with Gasteiger partial charge in [-0.2, -0.15) is 4.98 Å². The molecule has 0 aromatic carbocycles. The van der Waals surface area contributed by atoms with Crippen molar-refractivity contribution in [3.05, 3.63) is 35.6 Å². The van der Waals surface area contributed by atoms with Gasteiger partial charge in [0.25, 0.3) is 0 Å². The molecule has 1 aromatic rings. The summed E-state index contributed by atoms with van der Waals surface area (Å²) in [6.07, 6.45) is 19.3. The summed E-state index contributed by atoms with van der Waals surface area (Å²) in [5, 5.41) is 6.79. The normalized spacial score (nSPS) is 17.8. The predicted molar refractivity (Wildman–Crippen MR) is 101 cm³/mol. The Labute approximate surface area is 145 Å². The van der Waals surface area contributed by atoms with E-state index in [-0.39, 0.29) is 0 Å². The molecule has 4 nitrogen and oxygen atoms in total. The number of allylic oxidation sites excluding steroid dienone is 2. The van der Waals surface area contributed by atoms with Crippen molar-refractivity contribution < 1.29 is 0 Å². The largest absolute Gasteiger partial charge is 0.370 e. The van der Waals surface area contributed by atoms with Crippen molar-refractivity contribution in [2.75, 3.05) is 23.7 Å². The molecule has 0 saturated carbocycles. The van der Waals surface area contributed by atoms with Crippen LogP contribution in [0.2, 0.25) is 0 Å². The summed E-state index contributed by atoms with van der Waals surface area (Å²) >= 11 is 0. The van der Waals surface area contributed by atoms with Gasteiger partial charge in [0.05, 0.1) is 0 Å². The van der Waals surface area contributed by atoms with Crippen LogP contribution in [0.4, 0.5) is 11.8 Å². The van der Waals surface area contributed by atoms with E-state index in [1.165, 1.54) is 51.4 Å². The molecule has 3 rings (SSSR count). The van der Waals surface area contributed by atoms with E-state index in [0.29, 0.717) is 0 Å². The molecule has 0 unspecified atom stereocenters. The summed E-state index contributed by atoms with van der Waals surface area (Å²) in [5.41, 5.74) is 3.19. The van der Waals surface area contributed by atoms with Crippen LogP contribution >= 0.6 is 0 Å². The highest BCUT2D eigenvalue weighted by atomic mass is 15.1. The SMILES string of the molecule is C1=C(CCNc2ccnc(NCCC3=CCCCC3)n2)CCCC1. The first-order valence-electron chi connectivity index (χ1n) is 9.57. The highest BCUT2D eigenvalue weighted by Gasteiger charge is 2.05. The van der Waals surface area contributed by atoms with Crippen LogP contribution in [-0.4, -0.2) is 23.1 Å². The number of hydrogen-bond acceptors (Lipinski definition) is 4. The Hall–Kier alpha value is -1.84. The van der Waals surface area contributed by atoms with E-state index in [4.69, 9.17) is 0 Å². The van der Waals surface area contributed by atoms with E-state index in [1.807, 2.05) is 12.3 Å². The van der Waals surface area contributed by atoms with Gasteiger partial charge in [0.15, 0.2) is 0 Å². The van der Waals surface area contributed by atoms with Crippen LogP contribution in [-0.2, 0) is 0 Å². The number of rotatable bonds is 8.